The molecule has 1 aromatic heterocycles. The van der Waals surface area contributed by atoms with Crippen LogP contribution in [0.25, 0.3) is 0 Å². The zero-order chi connectivity index (χ0) is 7.56. The van der Waals surface area contributed by atoms with E-state index in [0.717, 1.165) is 6.42 Å². The SMILES string of the molecule is CCc1nccc(I)c1C. The van der Waals surface area contributed by atoms with Gasteiger partial charge in [-0.3, -0.25) is 4.98 Å². The molecule has 1 aromatic rings. The van der Waals surface area contributed by atoms with Crippen LogP contribution in [0.2, 0.25) is 0 Å². The maximum absolute atomic E-state index is 4.25. The summed E-state index contributed by atoms with van der Waals surface area (Å²) < 4.78 is 1.31. The molecule has 0 N–H and O–H groups in total. The summed E-state index contributed by atoms with van der Waals surface area (Å²) in [5.74, 6) is 0. The normalized spacial score (nSPS) is 9.90. The van der Waals surface area contributed by atoms with Gasteiger partial charge in [-0.1, -0.05) is 6.92 Å². The Morgan fingerprint density at radius 2 is 2.30 bits per heavy atom. The minimum absolute atomic E-state index is 1.03. The minimum Gasteiger partial charge on any atom is -0.261 e. The van der Waals surface area contributed by atoms with Crippen LogP contribution in [0.15, 0.2) is 12.3 Å². The van der Waals surface area contributed by atoms with Crippen LogP contribution in [0.4, 0.5) is 0 Å². The lowest BCUT2D eigenvalue weighted by molar-refractivity contribution is 1.00. The highest BCUT2D eigenvalue weighted by molar-refractivity contribution is 14.1. The lowest BCUT2D eigenvalue weighted by atomic mass is 10.2. The Bertz CT molecular complexity index is 233. The van der Waals surface area contributed by atoms with Gasteiger partial charge >= 0.3 is 0 Å². The van der Waals surface area contributed by atoms with E-state index < -0.39 is 0 Å². The fraction of sp³-hybridized carbons (Fsp3) is 0.375. The Labute approximate surface area is 75.0 Å². The maximum atomic E-state index is 4.25. The highest BCUT2D eigenvalue weighted by Gasteiger charge is 1.98. The van der Waals surface area contributed by atoms with Crippen LogP contribution in [-0.4, -0.2) is 4.98 Å². The third-order valence-electron chi connectivity index (χ3n) is 1.58. The van der Waals surface area contributed by atoms with Crippen molar-refractivity contribution in [1.82, 2.24) is 4.98 Å². The van der Waals surface area contributed by atoms with Gasteiger partial charge in [0.25, 0.3) is 0 Å². The predicted octanol–water partition coefficient (Wildman–Crippen LogP) is 2.56. The number of aromatic nitrogens is 1. The standard InChI is InChI=1S/C8H10IN/c1-3-8-6(2)7(9)4-5-10-8/h4-5H,3H2,1-2H3. The quantitative estimate of drug-likeness (QED) is 0.695. The topological polar surface area (TPSA) is 12.9 Å². The molecule has 0 fully saturated rings. The van der Waals surface area contributed by atoms with Crippen molar-refractivity contribution in [3.63, 3.8) is 0 Å². The molecule has 0 saturated heterocycles. The first kappa shape index (κ1) is 7.98. The first-order valence-electron chi connectivity index (χ1n) is 3.35. The maximum Gasteiger partial charge on any atom is 0.0440 e. The van der Waals surface area contributed by atoms with Gasteiger partial charge in [0, 0.05) is 15.5 Å². The number of pyridine rings is 1. The molecule has 0 spiro atoms. The molecule has 1 nitrogen and oxygen atoms in total. The largest absolute Gasteiger partial charge is 0.261 e. The third kappa shape index (κ3) is 1.48. The van der Waals surface area contributed by atoms with Crippen molar-refractivity contribution in [3.05, 3.63) is 27.1 Å². The molecule has 54 valence electrons. The first-order valence-corrected chi connectivity index (χ1v) is 4.43. The minimum atomic E-state index is 1.03. The molecule has 10 heavy (non-hydrogen) atoms. The number of halogens is 1. The summed E-state index contributed by atoms with van der Waals surface area (Å²) in [5.41, 5.74) is 2.54. The molecule has 0 atom stereocenters. The highest BCUT2D eigenvalue weighted by atomic mass is 127. The Morgan fingerprint density at radius 1 is 1.60 bits per heavy atom. The average molecular weight is 247 g/mol. The summed E-state index contributed by atoms with van der Waals surface area (Å²) in [6, 6.07) is 2.04. The predicted molar refractivity (Wildman–Crippen MR) is 51.1 cm³/mol. The summed E-state index contributed by atoms with van der Waals surface area (Å²) in [7, 11) is 0. The van der Waals surface area contributed by atoms with E-state index in [9.17, 15) is 0 Å². The van der Waals surface area contributed by atoms with Crippen molar-refractivity contribution in [1.29, 1.82) is 0 Å². The molecule has 0 saturated carbocycles. The molecule has 0 unspecified atom stereocenters. The summed E-state index contributed by atoms with van der Waals surface area (Å²) in [5, 5.41) is 0. The van der Waals surface area contributed by atoms with E-state index in [1.165, 1.54) is 14.8 Å². The second kappa shape index (κ2) is 3.32. The van der Waals surface area contributed by atoms with E-state index in [1.807, 2.05) is 12.3 Å². The van der Waals surface area contributed by atoms with E-state index in [-0.39, 0.29) is 0 Å². The summed E-state index contributed by atoms with van der Waals surface area (Å²) in [6.07, 6.45) is 2.90. The summed E-state index contributed by atoms with van der Waals surface area (Å²) >= 11 is 2.33. The highest BCUT2D eigenvalue weighted by Crippen LogP contribution is 2.13. The van der Waals surface area contributed by atoms with E-state index in [2.05, 4.69) is 41.4 Å². The van der Waals surface area contributed by atoms with Crippen LogP contribution in [-0.2, 0) is 6.42 Å². The fourth-order valence-electron chi connectivity index (χ4n) is 0.909. The summed E-state index contributed by atoms with van der Waals surface area (Å²) in [6.45, 7) is 4.25. The molecule has 0 amide bonds. The van der Waals surface area contributed by atoms with Crippen LogP contribution < -0.4 is 0 Å². The third-order valence-corrected chi connectivity index (χ3v) is 2.75. The molecule has 0 bridgehead atoms. The van der Waals surface area contributed by atoms with Crippen LogP contribution in [0.1, 0.15) is 18.2 Å². The Morgan fingerprint density at radius 3 is 2.80 bits per heavy atom. The average Bonchev–Trinajstić information content (AvgIpc) is 1.95. The van der Waals surface area contributed by atoms with Gasteiger partial charge in [0.1, 0.15) is 0 Å². The smallest absolute Gasteiger partial charge is 0.0440 e. The Kier molecular flexibility index (Phi) is 2.65. The van der Waals surface area contributed by atoms with Gasteiger partial charge in [-0.05, 0) is 47.6 Å². The first-order chi connectivity index (χ1) is 4.75. The van der Waals surface area contributed by atoms with Crippen molar-refractivity contribution in [2.24, 2.45) is 0 Å². The Hall–Kier alpha value is -0.120. The molecule has 0 aliphatic carbocycles. The fourth-order valence-corrected chi connectivity index (χ4v) is 1.38. The van der Waals surface area contributed by atoms with Crippen LogP contribution in [0.5, 0.6) is 0 Å². The monoisotopic (exact) mass is 247 g/mol. The van der Waals surface area contributed by atoms with E-state index >= 15 is 0 Å². The lowest BCUT2D eigenvalue weighted by Crippen LogP contribution is -1.92. The van der Waals surface area contributed by atoms with Crippen molar-refractivity contribution >= 4 is 22.6 Å². The van der Waals surface area contributed by atoms with Gasteiger partial charge in [-0.2, -0.15) is 0 Å². The molecule has 1 rings (SSSR count). The van der Waals surface area contributed by atoms with Crippen molar-refractivity contribution < 1.29 is 0 Å². The number of nitrogens with zero attached hydrogens (tertiary/aromatic N) is 1. The van der Waals surface area contributed by atoms with E-state index in [1.54, 1.807) is 0 Å². The van der Waals surface area contributed by atoms with Gasteiger partial charge in [-0.15, -0.1) is 0 Å². The number of aryl methyl sites for hydroxylation is 1. The van der Waals surface area contributed by atoms with Crippen LogP contribution in [0, 0.1) is 10.5 Å². The number of rotatable bonds is 1. The van der Waals surface area contributed by atoms with Gasteiger partial charge in [0.15, 0.2) is 0 Å². The number of hydrogen-bond acceptors (Lipinski definition) is 1. The molecule has 2 heteroatoms. The van der Waals surface area contributed by atoms with Crippen LogP contribution in [0.3, 0.4) is 0 Å². The molecule has 0 radical (unpaired) electrons. The van der Waals surface area contributed by atoms with Gasteiger partial charge in [0.2, 0.25) is 0 Å². The second-order valence-corrected chi connectivity index (χ2v) is 3.38. The lowest BCUT2D eigenvalue weighted by Gasteiger charge is -2.01. The molecular formula is C8H10IN. The van der Waals surface area contributed by atoms with Gasteiger partial charge < -0.3 is 0 Å². The zero-order valence-electron chi connectivity index (χ0n) is 6.19. The van der Waals surface area contributed by atoms with Crippen molar-refractivity contribution in [2.75, 3.05) is 0 Å². The number of hydrogen-bond donors (Lipinski definition) is 0. The Balaban J connectivity index is 3.14. The van der Waals surface area contributed by atoms with E-state index in [0.29, 0.717) is 0 Å². The molecule has 0 aromatic carbocycles. The molecular weight excluding hydrogens is 237 g/mol. The van der Waals surface area contributed by atoms with E-state index in [4.69, 9.17) is 0 Å². The van der Waals surface area contributed by atoms with Gasteiger partial charge in [0.05, 0.1) is 0 Å². The van der Waals surface area contributed by atoms with Crippen LogP contribution >= 0.6 is 22.6 Å². The zero-order valence-corrected chi connectivity index (χ0v) is 8.34. The molecule has 0 aliphatic heterocycles. The molecule has 0 aliphatic rings. The van der Waals surface area contributed by atoms with Crippen molar-refractivity contribution in [3.8, 4) is 0 Å². The van der Waals surface area contributed by atoms with Crippen molar-refractivity contribution in [2.45, 2.75) is 20.3 Å². The summed E-state index contributed by atoms with van der Waals surface area (Å²) in [4.78, 5) is 4.25. The second-order valence-electron chi connectivity index (χ2n) is 2.22. The molecule has 1 heterocycles. The van der Waals surface area contributed by atoms with Gasteiger partial charge in [-0.25, -0.2) is 0 Å².